The maximum absolute atomic E-state index is 8.99. The smallest absolute Gasteiger partial charge is 0.0897 e. The van der Waals surface area contributed by atoms with E-state index in [0.717, 1.165) is 0 Å². The molecule has 0 saturated carbocycles. The first kappa shape index (κ1) is 8.88. The molecule has 0 aromatic carbocycles. The van der Waals surface area contributed by atoms with Gasteiger partial charge in [0.1, 0.15) is 0 Å². The zero-order valence-corrected chi connectivity index (χ0v) is 6.05. The molecular weight excluding hydrogens is 118 g/mol. The van der Waals surface area contributed by atoms with Gasteiger partial charge in [0, 0.05) is 13.2 Å². The maximum atomic E-state index is 8.99. The van der Waals surface area contributed by atoms with E-state index in [4.69, 9.17) is 9.84 Å². The Hall–Kier alpha value is -0.120. The third-order valence-corrected chi connectivity index (χ3v) is 0.954. The van der Waals surface area contributed by atoms with Gasteiger partial charge in [0.2, 0.25) is 0 Å². The van der Waals surface area contributed by atoms with E-state index in [-0.39, 0.29) is 6.10 Å². The van der Waals surface area contributed by atoms with Crippen LogP contribution in [0.25, 0.3) is 0 Å². The van der Waals surface area contributed by atoms with E-state index in [1.165, 1.54) is 0 Å². The first-order chi connectivity index (χ1) is 4.31. The van der Waals surface area contributed by atoms with Crippen molar-refractivity contribution >= 4 is 0 Å². The van der Waals surface area contributed by atoms with Gasteiger partial charge in [-0.2, -0.15) is 0 Å². The average Bonchev–Trinajstić information content (AvgIpc) is 1.85. The van der Waals surface area contributed by atoms with Crippen LogP contribution in [0.4, 0.5) is 0 Å². The van der Waals surface area contributed by atoms with Crippen LogP contribution in [0.15, 0.2) is 0 Å². The number of hydrogen-bond donors (Lipinski definition) is 2. The zero-order chi connectivity index (χ0) is 7.11. The number of ether oxygens (including phenoxy) is 1. The van der Waals surface area contributed by atoms with Crippen molar-refractivity contribution in [2.45, 2.75) is 13.0 Å². The van der Waals surface area contributed by atoms with Gasteiger partial charge in [-0.3, -0.25) is 0 Å². The highest BCUT2D eigenvalue weighted by molar-refractivity contribution is 4.53. The topological polar surface area (TPSA) is 41.5 Å². The molecule has 56 valence electrons. The standard InChI is InChI=1S/C6H15NO2/c1-3-9-5-6(8)4-7-2/h6-8H,3-5H2,1-2H3. The van der Waals surface area contributed by atoms with Gasteiger partial charge in [0.15, 0.2) is 0 Å². The Morgan fingerprint density at radius 1 is 1.67 bits per heavy atom. The van der Waals surface area contributed by atoms with Crippen molar-refractivity contribution in [2.24, 2.45) is 0 Å². The summed E-state index contributed by atoms with van der Waals surface area (Å²) in [5.41, 5.74) is 0. The molecule has 0 rings (SSSR count). The van der Waals surface area contributed by atoms with Gasteiger partial charge >= 0.3 is 0 Å². The Kier molecular flexibility index (Phi) is 5.93. The number of likely N-dealkylation sites (N-methyl/N-ethyl adjacent to an activating group) is 1. The number of rotatable bonds is 5. The summed E-state index contributed by atoms with van der Waals surface area (Å²) in [7, 11) is 1.80. The summed E-state index contributed by atoms with van der Waals surface area (Å²) in [4.78, 5) is 0. The van der Waals surface area contributed by atoms with Crippen LogP contribution in [-0.2, 0) is 4.74 Å². The molecule has 0 aromatic rings. The van der Waals surface area contributed by atoms with Gasteiger partial charge in [0.25, 0.3) is 0 Å². The van der Waals surface area contributed by atoms with E-state index < -0.39 is 0 Å². The number of aliphatic hydroxyl groups is 1. The van der Waals surface area contributed by atoms with Gasteiger partial charge < -0.3 is 15.2 Å². The average molecular weight is 133 g/mol. The highest BCUT2D eigenvalue weighted by Crippen LogP contribution is 1.81. The van der Waals surface area contributed by atoms with Crippen LogP contribution in [0.3, 0.4) is 0 Å². The summed E-state index contributed by atoms with van der Waals surface area (Å²) < 4.78 is 4.96. The van der Waals surface area contributed by atoms with Crippen LogP contribution in [0, 0.1) is 0 Å². The molecule has 0 amide bonds. The van der Waals surface area contributed by atoms with Gasteiger partial charge in [0.05, 0.1) is 12.7 Å². The minimum atomic E-state index is -0.366. The Balaban J connectivity index is 2.95. The van der Waals surface area contributed by atoms with Crippen molar-refractivity contribution in [3.8, 4) is 0 Å². The third kappa shape index (κ3) is 5.76. The molecule has 3 heteroatoms. The van der Waals surface area contributed by atoms with Crippen molar-refractivity contribution in [2.75, 3.05) is 26.8 Å². The highest BCUT2D eigenvalue weighted by Gasteiger charge is 1.99. The second-order valence-electron chi connectivity index (χ2n) is 1.87. The van der Waals surface area contributed by atoms with Crippen molar-refractivity contribution in [1.29, 1.82) is 0 Å². The Bertz CT molecular complexity index is 59.0. The van der Waals surface area contributed by atoms with Gasteiger partial charge in [-0.1, -0.05) is 0 Å². The minimum Gasteiger partial charge on any atom is -0.389 e. The van der Waals surface area contributed by atoms with Crippen molar-refractivity contribution in [3.63, 3.8) is 0 Å². The normalized spacial score (nSPS) is 13.7. The number of aliphatic hydroxyl groups excluding tert-OH is 1. The summed E-state index contributed by atoms with van der Waals surface area (Å²) in [6, 6.07) is 0. The fourth-order valence-electron chi connectivity index (χ4n) is 0.548. The van der Waals surface area contributed by atoms with Crippen LogP contribution in [0.1, 0.15) is 6.92 Å². The van der Waals surface area contributed by atoms with Crippen molar-refractivity contribution in [1.82, 2.24) is 5.32 Å². The summed E-state index contributed by atoms with van der Waals surface area (Å²) in [6.07, 6.45) is -0.366. The lowest BCUT2D eigenvalue weighted by Crippen LogP contribution is -2.27. The molecule has 0 heterocycles. The summed E-state index contributed by atoms with van der Waals surface area (Å²) in [6.45, 7) is 3.60. The summed E-state index contributed by atoms with van der Waals surface area (Å²) in [5.74, 6) is 0. The van der Waals surface area contributed by atoms with E-state index in [2.05, 4.69) is 5.32 Å². The third-order valence-electron chi connectivity index (χ3n) is 0.954. The first-order valence-corrected chi connectivity index (χ1v) is 3.21. The monoisotopic (exact) mass is 133 g/mol. The van der Waals surface area contributed by atoms with Crippen LogP contribution >= 0.6 is 0 Å². The van der Waals surface area contributed by atoms with Crippen LogP contribution in [0.2, 0.25) is 0 Å². The Morgan fingerprint density at radius 3 is 2.78 bits per heavy atom. The molecule has 0 radical (unpaired) electrons. The lowest BCUT2D eigenvalue weighted by atomic mass is 10.4. The largest absolute Gasteiger partial charge is 0.389 e. The molecule has 0 aromatic heterocycles. The summed E-state index contributed by atoms with van der Waals surface area (Å²) in [5, 5.41) is 11.8. The SMILES string of the molecule is CCOCC(O)CNC. The molecule has 0 spiro atoms. The van der Waals surface area contributed by atoms with Crippen LogP contribution in [0.5, 0.6) is 0 Å². The molecule has 1 atom stereocenters. The first-order valence-electron chi connectivity index (χ1n) is 3.21. The highest BCUT2D eigenvalue weighted by atomic mass is 16.5. The molecule has 0 fully saturated rings. The van der Waals surface area contributed by atoms with Crippen LogP contribution < -0.4 is 5.32 Å². The maximum Gasteiger partial charge on any atom is 0.0897 e. The van der Waals surface area contributed by atoms with Gasteiger partial charge in [-0.15, -0.1) is 0 Å². The Labute approximate surface area is 56.0 Å². The number of hydrogen-bond acceptors (Lipinski definition) is 3. The molecule has 0 bridgehead atoms. The predicted molar refractivity (Wildman–Crippen MR) is 36.4 cm³/mol. The van der Waals surface area contributed by atoms with Crippen molar-refractivity contribution in [3.05, 3.63) is 0 Å². The van der Waals surface area contributed by atoms with E-state index in [1.807, 2.05) is 6.92 Å². The minimum absolute atomic E-state index is 0.366. The predicted octanol–water partition coefficient (Wildman–Crippen LogP) is -0.397. The molecule has 0 aliphatic carbocycles. The lowest BCUT2D eigenvalue weighted by molar-refractivity contribution is 0.0439. The number of nitrogens with one attached hydrogen (secondary N) is 1. The van der Waals surface area contributed by atoms with Gasteiger partial charge in [-0.05, 0) is 14.0 Å². The van der Waals surface area contributed by atoms with E-state index in [9.17, 15) is 0 Å². The second kappa shape index (κ2) is 6.01. The Morgan fingerprint density at radius 2 is 2.33 bits per heavy atom. The quantitative estimate of drug-likeness (QED) is 0.536. The molecule has 0 aliphatic heterocycles. The van der Waals surface area contributed by atoms with E-state index >= 15 is 0 Å². The zero-order valence-electron chi connectivity index (χ0n) is 6.05. The second-order valence-corrected chi connectivity index (χ2v) is 1.87. The summed E-state index contributed by atoms with van der Waals surface area (Å²) >= 11 is 0. The fourth-order valence-corrected chi connectivity index (χ4v) is 0.548. The molecule has 1 unspecified atom stereocenters. The lowest BCUT2D eigenvalue weighted by Gasteiger charge is -2.08. The molecule has 0 aliphatic rings. The van der Waals surface area contributed by atoms with E-state index in [1.54, 1.807) is 7.05 Å². The molecule has 0 saturated heterocycles. The fraction of sp³-hybridized carbons (Fsp3) is 1.00. The molecular formula is C6H15NO2. The van der Waals surface area contributed by atoms with Crippen molar-refractivity contribution < 1.29 is 9.84 Å². The molecule has 3 nitrogen and oxygen atoms in total. The molecule has 2 N–H and O–H groups in total. The molecule has 9 heavy (non-hydrogen) atoms. The van der Waals surface area contributed by atoms with Gasteiger partial charge in [-0.25, -0.2) is 0 Å². The van der Waals surface area contributed by atoms with Crippen LogP contribution in [-0.4, -0.2) is 38.0 Å². The van der Waals surface area contributed by atoms with E-state index in [0.29, 0.717) is 19.8 Å².